The predicted octanol–water partition coefficient (Wildman–Crippen LogP) is 2.08. The van der Waals surface area contributed by atoms with E-state index in [1.54, 1.807) is 23.7 Å². The number of likely N-dealkylation sites (N-methyl/N-ethyl adjacent to an activating group) is 1. The Balaban J connectivity index is 1.42. The third kappa shape index (κ3) is 2.46. The highest BCUT2D eigenvalue weighted by atomic mass is 16.5. The first-order chi connectivity index (χ1) is 13.5. The topological polar surface area (TPSA) is 82.1 Å². The second kappa shape index (κ2) is 5.97. The molecule has 1 unspecified atom stereocenters. The fourth-order valence-electron chi connectivity index (χ4n) is 4.37. The van der Waals surface area contributed by atoms with Crippen molar-refractivity contribution in [1.29, 1.82) is 0 Å². The maximum Gasteiger partial charge on any atom is 0.274 e. The summed E-state index contributed by atoms with van der Waals surface area (Å²) in [5, 5.41) is 8.83. The molecule has 144 valence electrons. The molecule has 3 aliphatic rings. The van der Waals surface area contributed by atoms with Gasteiger partial charge < -0.3 is 14.5 Å². The Morgan fingerprint density at radius 2 is 1.96 bits per heavy atom. The van der Waals surface area contributed by atoms with E-state index in [2.05, 4.69) is 6.07 Å². The molecule has 7 nitrogen and oxygen atoms in total. The third-order valence-electron chi connectivity index (χ3n) is 6.06. The summed E-state index contributed by atoms with van der Waals surface area (Å²) in [4.78, 5) is 28.8. The molecule has 7 heteroatoms. The van der Waals surface area contributed by atoms with Gasteiger partial charge in [0, 0.05) is 30.3 Å². The molecule has 2 aliphatic heterocycles. The standard InChI is InChI=1S/C21H21N3O4/c1-23-11-18(28-17-7-6-13(10-16(17)23)19(25)22-27)20(26)24-12-21(8-9-21)14-4-2-3-5-15(14)24/h2-7,10,18,27H,8-9,11-12H2,1H3,(H,22,25). The van der Waals surface area contributed by atoms with Crippen LogP contribution in [-0.4, -0.2) is 43.3 Å². The second-order valence-electron chi connectivity index (χ2n) is 7.83. The fourth-order valence-corrected chi connectivity index (χ4v) is 4.37. The van der Waals surface area contributed by atoms with E-state index in [-0.39, 0.29) is 11.3 Å². The van der Waals surface area contributed by atoms with Gasteiger partial charge in [-0.1, -0.05) is 18.2 Å². The van der Waals surface area contributed by atoms with Gasteiger partial charge in [-0.25, -0.2) is 5.48 Å². The molecule has 2 aromatic carbocycles. The number of fused-ring (bicyclic) bond motifs is 3. The number of hydrogen-bond donors (Lipinski definition) is 2. The molecule has 2 heterocycles. The molecular weight excluding hydrogens is 358 g/mol. The van der Waals surface area contributed by atoms with Gasteiger partial charge in [-0.05, 0) is 42.7 Å². The van der Waals surface area contributed by atoms with Crippen molar-refractivity contribution in [2.75, 3.05) is 29.9 Å². The number of anilines is 2. The maximum atomic E-state index is 13.3. The van der Waals surface area contributed by atoms with Gasteiger partial charge in [0.25, 0.3) is 11.8 Å². The molecule has 2 aromatic rings. The maximum absolute atomic E-state index is 13.3. The van der Waals surface area contributed by atoms with E-state index in [0.717, 1.165) is 25.1 Å². The lowest BCUT2D eigenvalue weighted by molar-refractivity contribution is -0.125. The monoisotopic (exact) mass is 379 g/mol. The van der Waals surface area contributed by atoms with Crippen LogP contribution >= 0.6 is 0 Å². The molecule has 0 aromatic heterocycles. The summed E-state index contributed by atoms with van der Waals surface area (Å²) < 4.78 is 6.02. The van der Waals surface area contributed by atoms with Crippen molar-refractivity contribution in [3.05, 3.63) is 53.6 Å². The van der Waals surface area contributed by atoms with Crippen LogP contribution in [0.3, 0.4) is 0 Å². The Kier molecular flexibility index (Phi) is 3.64. The molecule has 0 radical (unpaired) electrons. The molecule has 1 saturated carbocycles. The van der Waals surface area contributed by atoms with Crippen LogP contribution < -0.4 is 20.0 Å². The van der Waals surface area contributed by atoms with Gasteiger partial charge in [0.1, 0.15) is 5.75 Å². The van der Waals surface area contributed by atoms with E-state index < -0.39 is 12.0 Å². The number of benzene rings is 2. The Labute approximate surface area is 162 Å². The molecule has 28 heavy (non-hydrogen) atoms. The average Bonchev–Trinajstić information content (AvgIpc) is 3.43. The van der Waals surface area contributed by atoms with Gasteiger partial charge in [0.2, 0.25) is 0 Å². The minimum Gasteiger partial charge on any atom is -0.477 e. The molecule has 2 amide bonds. The van der Waals surface area contributed by atoms with E-state index in [0.29, 0.717) is 23.5 Å². The van der Waals surface area contributed by atoms with Crippen LogP contribution in [0.15, 0.2) is 42.5 Å². The number of para-hydroxylation sites is 1. The van der Waals surface area contributed by atoms with E-state index in [1.807, 2.05) is 35.0 Å². The molecule has 0 bridgehead atoms. The van der Waals surface area contributed by atoms with Crippen LogP contribution in [0.4, 0.5) is 11.4 Å². The highest BCUT2D eigenvalue weighted by Gasteiger charge is 2.53. The molecular formula is C21H21N3O4. The van der Waals surface area contributed by atoms with E-state index in [4.69, 9.17) is 9.94 Å². The first-order valence-electron chi connectivity index (χ1n) is 9.40. The number of nitrogens with one attached hydrogen (secondary N) is 1. The molecule has 1 aliphatic carbocycles. The lowest BCUT2D eigenvalue weighted by Crippen LogP contribution is -2.49. The molecule has 5 rings (SSSR count). The lowest BCUT2D eigenvalue weighted by atomic mass is 9.99. The first-order valence-corrected chi connectivity index (χ1v) is 9.40. The molecule has 2 N–H and O–H groups in total. The number of rotatable bonds is 2. The van der Waals surface area contributed by atoms with Crippen LogP contribution in [0.25, 0.3) is 0 Å². The van der Waals surface area contributed by atoms with Crippen molar-refractivity contribution in [3.8, 4) is 5.75 Å². The summed E-state index contributed by atoms with van der Waals surface area (Å²) in [7, 11) is 1.86. The van der Waals surface area contributed by atoms with Crippen LogP contribution in [0.5, 0.6) is 5.75 Å². The van der Waals surface area contributed by atoms with Crippen LogP contribution in [0, 0.1) is 0 Å². The van der Waals surface area contributed by atoms with Gasteiger partial charge in [-0.2, -0.15) is 0 Å². The molecule has 1 atom stereocenters. The smallest absolute Gasteiger partial charge is 0.274 e. The minimum atomic E-state index is -0.614. The normalized spacial score (nSPS) is 21.0. The van der Waals surface area contributed by atoms with Gasteiger partial charge in [0.15, 0.2) is 6.10 Å². The van der Waals surface area contributed by atoms with Crippen LogP contribution in [-0.2, 0) is 10.2 Å². The summed E-state index contributed by atoms with van der Waals surface area (Å²) in [5.74, 6) is -0.0704. The SMILES string of the molecule is CN1CC(C(=O)N2CC3(CC3)c3ccccc32)Oc2ccc(C(=O)NO)cc21. The van der Waals surface area contributed by atoms with Crippen molar-refractivity contribution in [3.63, 3.8) is 0 Å². The summed E-state index contributed by atoms with van der Waals surface area (Å²) in [5.41, 5.74) is 5.07. The van der Waals surface area contributed by atoms with Crippen molar-refractivity contribution < 1.29 is 19.5 Å². The summed E-state index contributed by atoms with van der Waals surface area (Å²) in [6.07, 6.45) is 1.63. The molecule has 1 fully saturated rings. The highest BCUT2D eigenvalue weighted by molar-refractivity contribution is 6.01. The highest BCUT2D eigenvalue weighted by Crippen LogP contribution is 2.56. The number of carbonyl (C=O) groups excluding carboxylic acids is 2. The van der Waals surface area contributed by atoms with E-state index in [9.17, 15) is 9.59 Å². The van der Waals surface area contributed by atoms with Crippen molar-refractivity contribution >= 4 is 23.2 Å². The van der Waals surface area contributed by atoms with Gasteiger partial charge >= 0.3 is 0 Å². The fraction of sp³-hybridized carbons (Fsp3) is 0.333. The number of amides is 2. The lowest BCUT2D eigenvalue weighted by Gasteiger charge is -2.35. The summed E-state index contributed by atoms with van der Waals surface area (Å²) in [6, 6.07) is 13.0. The largest absolute Gasteiger partial charge is 0.477 e. The van der Waals surface area contributed by atoms with Gasteiger partial charge in [-0.15, -0.1) is 0 Å². The van der Waals surface area contributed by atoms with E-state index >= 15 is 0 Å². The molecule has 1 spiro atoms. The van der Waals surface area contributed by atoms with E-state index in [1.165, 1.54) is 5.56 Å². The van der Waals surface area contributed by atoms with Gasteiger partial charge in [0.05, 0.1) is 12.2 Å². The van der Waals surface area contributed by atoms with Crippen molar-refractivity contribution in [2.24, 2.45) is 0 Å². The number of nitrogens with zero attached hydrogens (tertiary/aromatic N) is 2. The first kappa shape index (κ1) is 17.1. The summed E-state index contributed by atoms with van der Waals surface area (Å²) >= 11 is 0. The Morgan fingerprint density at radius 3 is 2.71 bits per heavy atom. The zero-order chi connectivity index (χ0) is 19.5. The zero-order valence-corrected chi connectivity index (χ0v) is 15.5. The van der Waals surface area contributed by atoms with Crippen LogP contribution in [0.1, 0.15) is 28.8 Å². The van der Waals surface area contributed by atoms with Crippen molar-refractivity contribution in [1.82, 2.24) is 5.48 Å². The summed E-state index contributed by atoms with van der Waals surface area (Å²) in [6.45, 7) is 1.11. The quantitative estimate of drug-likeness (QED) is 0.617. The third-order valence-corrected chi connectivity index (χ3v) is 6.06. The zero-order valence-electron chi connectivity index (χ0n) is 15.5. The average molecular weight is 379 g/mol. The minimum absolute atomic E-state index is 0.0362. The Hall–Kier alpha value is -3.06. The van der Waals surface area contributed by atoms with Crippen LogP contribution in [0.2, 0.25) is 0 Å². The van der Waals surface area contributed by atoms with Crippen molar-refractivity contribution in [2.45, 2.75) is 24.4 Å². The molecule has 0 saturated heterocycles. The number of hydrogen-bond acceptors (Lipinski definition) is 5. The Morgan fingerprint density at radius 1 is 1.18 bits per heavy atom. The second-order valence-corrected chi connectivity index (χ2v) is 7.83. The predicted molar refractivity (Wildman–Crippen MR) is 103 cm³/mol. The number of ether oxygens (including phenoxy) is 1. The Bertz CT molecular complexity index is 985. The number of carbonyl (C=O) groups is 2. The van der Waals surface area contributed by atoms with Gasteiger partial charge in [-0.3, -0.25) is 14.8 Å². The number of hydroxylamine groups is 1.